The molecule has 43 heavy (non-hydrogen) atoms. The van der Waals surface area contributed by atoms with Crippen molar-refractivity contribution < 1.29 is 4.79 Å². The van der Waals surface area contributed by atoms with Crippen molar-refractivity contribution >= 4 is 24.4 Å². The minimum Gasteiger partial charge on any atom is -0.456 e. The van der Waals surface area contributed by atoms with E-state index in [1.54, 1.807) is 0 Å². The molecule has 1 saturated heterocycles. The number of hydrogen-bond donors (Lipinski definition) is 0. The van der Waals surface area contributed by atoms with Crippen LogP contribution in [0.4, 0.5) is 0 Å². The molecule has 1 aliphatic heterocycles. The van der Waals surface area contributed by atoms with Crippen LogP contribution >= 0.6 is 7.92 Å². The van der Waals surface area contributed by atoms with Gasteiger partial charge in [-0.25, -0.2) is 0 Å². The summed E-state index contributed by atoms with van der Waals surface area (Å²) in [7, 11) is -0.894. The molecule has 0 spiro atoms. The number of amides is 1. The molecule has 5 aromatic rings. The molecule has 0 unspecified atom stereocenters. The van der Waals surface area contributed by atoms with Gasteiger partial charge >= 0.3 is 0 Å². The highest BCUT2D eigenvalue weighted by Crippen LogP contribution is 2.56. The average Bonchev–Trinajstić information content (AvgIpc) is 3.72. The number of carbonyl (C=O) groups excluding carboxylic acids is 1. The van der Waals surface area contributed by atoms with Crippen molar-refractivity contribution in [1.29, 1.82) is 0 Å². The van der Waals surface area contributed by atoms with E-state index >= 15 is 0 Å². The summed E-state index contributed by atoms with van der Waals surface area (Å²) in [4.78, 5) is 16.5. The zero-order chi connectivity index (χ0) is 29.0. The third kappa shape index (κ3) is 5.25. The van der Waals surface area contributed by atoms with E-state index in [2.05, 4.69) is 103 Å². The third-order valence-corrected chi connectivity index (χ3v) is 10.4. The highest BCUT2D eigenvalue weighted by atomic mass is 31.1. The van der Waals surface area contributed by atoms with Crippen molar-refractivity contribution in [2.45, 2.75) is 12.1 Å². The van der Waals surface area contributed by atoms with Gasteiger partial charge in [0.25, 0.3) is 0 Å². The lowest BCUT2D eigenvalue weighted by molar-refractivity contribution is 0.0769. The zero-order valence-corrected chi connectivity index (χ0v) is 24.5. The number of nitrogens with zero attached hydrogens (tertiary/aromatic N) is 2. The molecule has 2 atom stereocenters. The molecule has 2 aliphatic rings. The lowest BCUT2D eigenvalue weighted by atomic mass is 9.93. The van der Waals surface area contributed by atoms with Gasteiger partial charge in [-0.15, -0.1) is 0 Å². The van der Waals surface area contributed by atoms with E-state index in [-0.39, 0.29) is 18.0 Å². The van der Waals surface area contributed by atoms with Crippen molar-refractivity contribution in [1.82, 2.24) is 4.90 Å². The van der Waals surface area contributed by atoms with Crippen molar-refractivity contribution in [3.8, 4) is 0 Å². The van der Waals surface area contributed by atoms with Crippen LogP contribution in [0.3, 0.4) is 0 Å². The molecular formula is C39H30N2OP-. The van der Waals surface area contributed by atoms with Gasteiger partial charge in [0.2, 0.25) is 0 Å². The van der Waals surface area contributed by atoms with Crippen LogP contribution in [-0.4, -0.2) is 10.8 Å². The minimum absolute atomic E-state index is 0.0532. The van der Waals surface area contributed by atoms with Crippen molar-refractivity contribution in [3.63, 3.8) is 0 Å². The summed E-state index contributed by atoms with van der Waals surface area (Å²) < 4.78 is 0. The van der Waals surface area contributed by atoms with Crippen LogP contribution < -0.4 is 10.6 Å². The molecule has 1 fully saturated rings. The van der Waals surface area contributed by atoms with Gasteiger partial charge in [-0.2, -0.15) is 0 Å². The second-order valence-corrected chi connectivity index (χ2v) is 12.7. The molecule has 1 heterocycles. The van der Waals surface area contributed by atoms with Crippen LogP contribution in [0.5, 0.6) is 0 Å². The fraction of sp³-hybridized carbons (Fsp3) is 0.0513. The quantitative estimate of drug-likeness (QED) is 0.187. The number of benzene rings is 5. The van der Waals surface area contributed by atoms with Crippen LogP contribution in [0.15, 0.2) is 187 Å². The SMILES string of the molecule is O=C(c1ccccc1)N1/C(=C2\C=CC=C2P(c2ccccc2)c2ccccc2)[N-][C@H](c2ccccc2)[C@H]1c1ccccc1. The number of carbonyl (C=O) groups is 1. The Morgan fingerprint density at radius 3 is 1.65 bits per heavy atom. The highest BCUT2D eigenvalue weighted by Gasteiger charge is 2.37. The van der Waals surface area contributed by atoms with E-state index in [0.29, 0.717) is 5.56 Å². The number of rotatable bonds is 6. The first-order valence-electron chi connectivity index (χ1n) is 14.5. The standard InChI is InChI=1S/C39H30N2OP/c42-39(31-21-10-3-11-22-31)41-37(30-19-8-2-9-20-30)36(29-17-6-1-7-18-29)40-38(41)34-27-16-28-35(34)43(32-23-12-4-13-24-32)33-25-14-5-15-26-33/h1-28,36-37H/q-1/b38-34+/t36-,37-/m1/s1. The van der Waals surface area contributed by atoms with E-state index < -0.39 is 7.92 Å². The monoisotopic (exact) mass is 573 g/mol. The van der Waals surface area contributed by atoms with Gasteiger partial charge in [-0.1, -0.05) is 170 Å². The fourth-order valence-corrected chi connectivity index (χ4v) is 8.39. The van der Waals surface area contributed by atoms with Gasteiger partial charge in [0.15, 0.2) is 5.91 Å². The van der Waals surface area contributed by atoms with E-state index in [4.69, 9.17) is 5.32 Å². The molecule has 0 saturated carbocycles. The molecule has 1 amide bonds. The molecule has 1 aliphatic carbocycles. The second kappa shape index (κ2) is 12.1. The molecule has 7 rings (SSSR count). The van der Waals surface area contributed by atoms with Crippen molar-refractivity contribution in [3.05, 3.63) is 209 Å². The third-order valence-electron chi connectivity index (χ3n) is 7.89. The predicted molar refractivity (Wildman–Crippen MR) is 178 cm³/mol. The summed E-state index contributed by atoms with van der Waals surface area (Å²) in [5.74, 6) is 0.665. The highest BCUT2D eigenvalue weighted by molar-refractivity contribution is 7.77. The molecule has 0 N–H and O–H groups in total. The molecule has 4 heteroatoms. The van der Waals surface area contributed by atoms with E-state index in [1.165, 1.54) is 15.9 Å². The van der Waals surface area contributed by atoms with Crippen LogP contribution in [-0.2, 0) is 0 Å². The van der Waals surface area contributed by atoms with Gasteiger partial charge in [0.1, 0.15) is 0 Å². The Kier molecular flexibility index (Phi) is 7.56. The van der Waals surface area contributed by atoms with Gasteiger partial charge in [-0.05, 0) is 52.4 Å². The van der Waals surface area contributed by atoms with Gasteiger partial charge in [-0.3, -0.25) is 4.79 Å². The maximum atomic E-state index is 14.6. The Morgan fingerprint density at radius 1 is 0.605 bits per heavy atom. The second-order valence-electron chi connectivity index (χ2n) is 10.5. The molecule has 0 bridgehead atoms. The van der Waals surface area contributed by atoms with Gasteiger partial charge in [0, 0.05) is 11.6 Å². The number of allylic oxidation sites excluding steroid dienone is 5. The maximum Gasteiger partial charge on any atom is 0.179 e. The Labute approximate surface area is 254 Å². The van der Waals surface area contributed by atoms with Crippen LogP contribution in [0.25, 0.3) is 5.32 Å². The Bertz CT molecular complexity index is 1760. The zero-order valence-electron chi connectivity index (χ0n) is 23.6. The number of hydrogen-bond acceptors (Lipinski definition) is 1. The topological polar surface area (TPSA) is 34.4 Å². The lowest BCUT2D eigenvalue weighted by Crippen LogP contribution is -2.31. The fourth-order valence-electron chi connectivity index (χ4n) is 5.94. The molecular weight excluding hydrogens is 543 g/mol. The van der Waals surface area contributed by atoms with Crippen molar-refractivity contribution in [2.75, 3.05) is 0 Å². The maximum absolute atomic E-state index is 14.6. The first kappa shape index (κ1) is 26.9. The Morgan fingerprint density at radius 2 is 1.09 bits per heavy atom. The van der Waals surface area contributed by atoms with E-state index in [0.717, 1.165) is 22.5 Å². The predicted octanol–water partition coefficient (Wildman–Crippen LogP) is 8.80. The minimum atomic E-state index is -0.894. The molecule has 0 aromatic heterocycles. The lowest BCUT2D eigenvalue weighted by Gasteiger charge is -2.37. The summed E-state index contributed by atoms with van der Waals surface area (Å²) in [5, 5.41) is 9.16. The molecule has 0 radical (unpaired) electrons. The first-order chi connectivity index (χ1) is 21.3. The summed E-state index contributed by atoms with van der Waals surface area (Å²) >= 11 is 0. The molecule has 208 valence electrons. The first-order valence-corrected chi connectivity index (χ1v) is 15.9. The van der Waals surface area contributed by atoms with Crippen LogP contribution in [0.1, 0.15) is 33.6 Å². The Balaban J connectivity index is 1.44. The van der Waals surface area contributed by atoms with E-state index in [1.807, 2.05) is 71.6 Å². The summed E-state index contributed by atoms with van der Waals surface area (Å²) in [5.41, 5.74) is 3.79. The normalized spacial score (nSPS) is 19.4. The summed E-state index contributed by atoms with van der Waals surface area (Å²) in [6.45, 7) is 0. The largest absolute Gasteiger partial charge is 0.456 e. The van der Waals surface area contributed by atoms with Crippen molar-refractivity contribution in [2.24, 2.45) is 0 Å². The van der Waals surface area contributed by atoms with Gasteiger partial charge < -0.3 is 10.2 Å². The van der Waals surface area contributed by atoms with Gasteiger partial charge in [0.05, 0.1) is 0 Å². The average molecular weight is 574 g/mol. The molecule has 3 nitrogen and oxygen atoms in total. The Hall–Kier alpha value is -4.98. The van der Waals surface area contributed by atoms with Crippen LogP contribution in [0, 0.1) is 0 Å². The summed E-state index contributed by atoms with van der Waals surface area (Å²) in [6, 6.07) is 51.0. The molecule has 5 aromatic carbocycles. The smallest absolute Gasteiger partial charge is 0.179 e. The van der Waals surface area contributed by atoms with E-state index in [9.17, 15) is 4.79 Å². The van der Waals surface area contributed by atoms with Crippen LogP contribution in [0.2, 0.25) is 0 Å². The summed E-state index contributed by atoms with van der Waals surface area (Å²) in [6.07, 6.45) is 6.45.